The molecule has 0 radical (unpaired) electrons. The van der Waals surface area contributed by atoms with Gasteiger partial charge < -0.3 is 5.32 Å². The molecule has 0 saturated heterocycles. The third-order valence-corrected chi connectivity index (χ3v) is 4.91. The second kappa shape index (κ2) is 7.06. The van der Waals surface area contributed by atoms with Crippen LogP contribution in [0.25, 0.3) is 10.9 Å². The number of benzene rings is 2. The van der Waals surface area contributed by atoms with Crippen molar-refractivity contribution in [1.82, 2.24) is 10.3 Å². The average Bonchev–Trinajstić information content (AvgIpc) is 2.59. The fourth-order valence-electron chi connectivity index (χ4n) is 2.79. The van der Waals surface area contributed by atoms with Gasteiger partial charge in [-0.15, -0.1) is 0 Å². The first kappa shape index (κ1) is 17.8. The predicted octanol–water partition coefficient (Wildman–Crippen LogP) is 5.63. The van der Waals surface area contributed by atoms with Crippen LogP contribution in [-0.2, 0) is 6.54 Å². The normalized spacial score (nSPS) is 12.6. The number of aryl methyl sites for hydroxylation is 2. The van der Waals surface area contributed by atoms with Crippen molar-refractivity contribution < 1.29 is 8.78 Å². The Morgan fingerprint density at radius 2 is 1.84 bits per heavy atom. The molecule has 2 nitrogen and oxygen atoms in total. The first-order valence-corrected chi connectivity index (χ1v) is 8.48. The fraction of sp³-hybridized carbons (Fsp3) is 0.250. The Kier molecular flexibility index (Phi) is 5.02. The van der Waals surface area contributed by atoms with Crippen molar-refractivity contribution >= 4 is 22.5 Å². The van der Waals surface area contributed by atoms with Gasteiger partial charge in [0.25, 0.3) is 0 Å². The van der Waals surface area contributed by atoms with Crippen LogP contribution in [0.4, 0.5) is 8.78 Å². The van der Waals surface area contributed by atoms with Crippen molar-refractivity contribution in [2.75, 3.05) is 0 Å². The van der Waals surface area contributed by atoms with Crippen LogP contribution in [0.2, 0.25) is 5.15 Å². The molecule has 1 heterocycles. The lowest BCUT2D eigenvalue weighted by Gasteiger charge is -2.16. The lowest BCUT2D eigenvalue weighted by atomic mass is 10.0. The highest BCUT2D eigenvalue weighted by atomic mass is 35.5. The number of pyridine rings is 1. The van der Waals surface area contributed by atoms with Crippen molar-refractivity contribution in [3.05, 3.63) is 75.4 Å². The number of halogens is 3. The summed E-state index contributed by atoms with van der Waals surface area (Å²) >= 11 is 6.34. The van der Waals surface area contributed by atoms with Crippen LogP contribution in [0.15, 0.2) is 36.4 Å². The average molecular weight is 361 g/mol. The van der Waals surface area contributed by atoms with Crippen LogP contribution in [0.1, 0.15) is 35.2 Å². The summed E-state index contributed by atoms with van der Waals surface area (Å²) in [6.45, 7) is 6.45. The highest BCUT2D eigenvalue weighted by Crippen LogP contribution is 2.25. The molecule has 1 atom stereocenters. The zero-order chi connectivity index (χ0) is 18.1. The number of hydrogen-bond acceptors (Lipinski definition) is 2. The van der Waals surface area contributed by atoms with Gasteiger partial charge in [0.15, 0.2) is 11.6 Å². The lowest BCUT2D eigenvalue weighted by Crippen LogP contribution is -2.18. The van der Waals surface area contributed by atoms with E-state index in [1.165, 1.54) is 11.6 Å². The van der Waals surface area contributed by atoms with Gasteiger partial charge in [0, 0.05) is 23.5 Å². The Morgan fingerprint density at radius 3 is 2.56 bits per heavy atom. The highest BCUT2D eigenvalue weighted by Gasteiger charge is 2.12. The summed E-state index contributed by atoms with van der Waals surface area (Å²) in [4.78, 5) is 4.53. The van der Waals surface area contributed by atoms with Gasteiger partial charge in [-0.2, -0.15) is 0 Å². The molecular formula is C20H19ClF2N2. The van der Waals surface area contributed by atoms with Crippen molar-refractivity contribution in [3.63, 3.8) is 0 Å². The SMILES string of the molecule is Cc1ccc2cc(CN[C@@H](C)c3ccc(F)c(F)c3)c(Cl)nc2c1C. The van der Waals surface area contributed by atoms with Gasteiger partial charge in [-0.05, 0) is 55.7 Å². The second-order valence-electron chi connectivity index (χ2n) is 6.29. The minimum Gasteiger partial charge on any atom is -0.306 e. The predicted molar refractivity (Wildman–Crippen MR) is 97.8 cm³/mol. The quantitative estimate of drug-likeness (QED) is 0.609. The minimum absolute atomic E-state index is 0.151. The van der Waals surface area contributed by atoms with Crippen molar-refractivity contribution in [2.45, 2.75) is 33.4 Å². The molecule has 2 aromatic carbocycles. The van der Waals surface area contributed by atoms with Gasteiger partial charge in [0.2, 0.25) is 0 Å². The van der Waals surface area contributed by atoms with E-state index in [0.717, 1.165) is 28.1 Å². The first-order chi connectivity index (χ1) is 11.9. The smallest absolute Gasteiger partial charge is 0.159 e. The van der Waals surface area contributed by atoms with Gasteiger partial charge in [0.1, 0.15) is 5.15 Å². The number of nitrogens with one attached hydrogen (secondary N) is 1. The Morgan fingerprint density at radius 1 is 1.08 bits per heavy atom. The standard InChI is InChI=1S/C20H19ClF2N2/c1-11-4-5-15-8-16(20(21)25-19(15)12(11)2)10-24-13(3)14-6-7-17(22)18(23)9-14/h4-9,13,24H,10H2,1-3H3/t13-/m0/s1. The summed E-state index contributed by atoms with van der Waals surface area (Å²) < 4.78 is 26.4. The molecule has 25 heavy (non-hydrogen) atoms. The summed E-state index contributed by atoms with van der Waals surface area (Å²) in [6.07, 6.45) is 0. The number of nitrogens with zero attached hydrogens (tertiary/aromatic N) is 1. The van der Waals surface area contributed by atoms with E-state index in [4.69, 9.17) is 11.6 Å². The largest absolute Gasteiger partial charge is 0.306 e. The molecular weight excluding hydrogens is 342 g/mol. The lowest BCUT2D eigenvalue weighted by molar-refractivity contribution is 0.500. The molecule has 130 valence electrons. The van der Waals surface area contributed by atoms with Crippen molar-refractivity contribution in [1.29, 1.82) is 0 Å². The van der Waals surface area contributed by atoms with E-state index in [0.29, 0.717) is 17.3 Å². The summed E-state index contributed by atoms with van der Waals surface area (Å²) in [5.74, 6) is -1.69. The van der Waals surface area contributed by atoms with Crippen LogP contribution >= 0.6 is 11.6 Å². The number of aromatic nitrogens is 1. The maximum atomic E-state index is 13.4. The molecule has 0 bridgehead atoms. The van der Waals surface area contributed by atoms with Gasteiger partial charge in [-0.25, -0.2) is 13.8 Å². The molecule has 0 aliphatic carbocycles. The fourth-order valence-corrected chi connectivity index (χ4v) is 3.00. The van der Waals surface area contributed by atoms with E-state index in [1.807, 2.05) is 32.9 Å². The van der Waals surface area contributed by atoms with E-state index in [2.05, 4.69) is 16.4 Å². The van der Waals surface area contributed by atoms with Gasteiger partial charge in [-0.3, -0.25) is 0 Å². The monoisotopic (exact) mass is 360 g/mol. The summed E-state index contributed by atoms with van der Waals surface area (Å²) in [5, 5.41) is 4.76. The Labute approximate surface area is 150 Å². The van der Waals surface area contributed by atoms with E-state index < -0.39 is 11.6 Å². The Hall–Kier alpha value is -2.04. The van der Waals surface area contributed by atoms with Crippen molar-refractivity contribution in [3.8, 4) is 0 Å². The van der Waals surface area contributed by atoms with E-state index in [9.17, 15) is 8.78 Å². The summed E-state index contributed by atoms with van der Waals surface area (Å²) in [5.41, 5.74) is 4.74. The topological polar surface area (TPSA) is 24.9 Å². The maximum Gasteiger partial charge on any atom is 0.159 e. The Balaban J connectivity index is 1.82. The van der Waals surface area contributed by atoms with Crippen LogP contribution in [-0.4, -0.2) is 4.98 Å². The van der Waals surface area contributed by atoms with E-state index >= 15 is 0 Å². The van der Waals surface area contributed by atoms with Crippen molar-refractivity contribution in [2.24, 2.45) is 0 Å². The summed E-state index contributed by atoms with van der Waals surface area (Å²) in [6, 6.07) is 9.88. The zero-order valence-electron chi connectivity index (χ0n) is 14.3. The van der Waals surface area contributed by atoms with E-state index in [1.54, 1.807) is 6.07 Å². The van der Waals surface area contributed by atoms with Gasteiger partial charge >= 0.3 is 0 Å². The number of fused-ring (bicyclic) bond motifs is 1. The number of hydrogen-bond donors (Lipinski definition) is 1. The third-order valence-electron chi connectivity index (χ3n) is 4.58. The van der Waals surface area contributed by atoms with Gasteiger partial charge in [0.05, 0.1) is 5.52 Å². The Bertz CT molecular complexity index is 941. The molecule has 1 aromatic heterocycles. The maximum absolute atomic E-state index is 13.4. The van der Waals surface area contributed by atoms with Crippen LogP contribution in [0, 0.1) is 25.5 Å². The molecule has 1 N–H and O–H groups in total. The van der Waals surface area contributed by atoms with Crippen LogP contribution in [0.5, 0.6) is 0 Å². The molecule has 3 aromatic rings. The van der Waals surface area contributed by atoms with E-state index in [-0.39, 0.29) is 6.04 Å². The van der Waals surface area contributed by atoms with Crippen LogP contribution < -0.4 is 5.32 Å². The van der Waals surface area contributed by atoms with Crippen LogP contribution in [0.3, 0.4) is 0 Å². The second-order valence-corrected chi connectivity index (χ2v) is 6.65. The minimum atomic E-state index is -0.845. The zero-order valence-corrected chi connectivity index (χ0v) is 15.1. The summed E-state index contributed by atoms with van der Waals surface area (Å²) in [7, 11) is 0. The molecule has 0 spiro atoms. The highest BCUT2D eigenvalue weighted by molar-refractivity contribution is 6.30. The molecule has 0 saturated carbocycles. The molecule has 0 aliphatic heterocycles. The third kappa shape index (κ3) is 3.65. The first-order valence-electron chi connectivity index (χ1n) is 8.10. The molecule has 5 heteroatoms. The number of rotatable bonds is 4. The molecule has 3 rings (SSSR count). The molecule has 0 unspecified atom stereocenters. The molecule has 0 fully saturated rings. The van der Waals surface area contributed by atoms with Gasteiger partial charge in [-0.1, -0.05) is 29.8 Å². The molecule has 0 aliphatic rings. The molecule has 0 amide bonds.